The van der Waals surface area contributed by atoms with Gasteiger partial charge in [0, 0.05) is 31.4 Å². The van der Waals surface area contributed by atoms with Crippen molar-refractivity contribution >= 4 is 12.0 Å². The number of piperazine rings is 1. The first kappa shape index (κ1) is 16.4. The average Bonchev–Trinajstić information content (AvgIpc) is 2.89. The van der Waals surface area contributed by atoms with Gasteiger partial charge in [0.1, 0.15) is 11.3 Å². The molecule has 0 radical (unpaired) electrons. The van der Waals surface area contributed by atoms with Crippen LogP contribution in [0.5, 0.6) is 0 Å². The van der Waals surface area contributed by atoms with Crippen molar-refractivity contribution in [2.75, 3.05) is 13.1 Å². The van der Waals surface area contributed by atoms with E-state index in [1.54, 1.807) is 23.2 Å². The normalized spacial score (nSPS) is 22.6. The minimum absolute atomic E-state index is 0.0335. The molecule has 0 saturated carbocycles. The molecule has 2 rings (SSSR count). The maximum absolute atomic E-state index is 12.5. The molecule has 1 aliphatic heterocycles. The molecule has 0 unspecified atom stereocenters. The van der Waals surface area contributed by atoms with E-state index < -0.39 is 5.60 Å². The molecule has 1 saturated heterocycles. The van der Waals surface area contributed by atoms with Crippen LogP contribution in [0, 0.1) is 0 Å². The van der Waals surface area contributed by atoms with Crippen molar-refractivity contribution in [3.8, 4) is 0 Å². The predicted octanol–water partition coefficient (Wildman–Crippen LogP) is 2.48. The third-order valence-corrected chi connectivity index (χ3v) is 3.63. The highest BCUT2D eigenvalue weighted by Gasteiger charge is 2.36. The van der Waals surface area contributed by atoms with Gasteiger partial charge in [-0.05, 0) is 46.8 Å². The summed E-state index contributed by atoms with van der Waals surface area (Å²) in [7, 11) is 0. The highest BCUT2D eigenvalue weighted by atomic mass is 16.6. The van der Waals surface area contributed by atoms with Crippen molar-refractivity contribution < 1.29 is 14.3 Å². The van der Waals surface area contributed by atoms with Crippen LogP contribution in [-0.2, 0) is 4.74 Å². The maximum Gasteiger partial charge on any atom is 0.410 e. The molecule has 1 fully saturated rings. The molecule has 1 aromatic heterocycles. The predicted molar refractivity (Wildman–Crippen MR) is 83.7 cm³/mol. The summed E-state index contributed by atoms with van der Waals surface area (Å²) in [4.78, 5) is 31.2. The van der Waals surface area contributed by atoms with Gasteiger partial charge in [0.05, 0.1) is 0 Å². The Morgan fingerprint density at radius 2 is 1.82 bits per heavy atom. The minimum atomic E-state index is -0.513. The molecule has 1 aliphatic rings. The summed E-state index contributed by atoms with van der Waals surface area (Å²) in [5.74, 6) is -0.0335. The van der Waals surface area contributed by atoms with Crippen LogP contribution in [0.1, 0.15) is 45.1 Å². The van der Waals surface area contributed by atoms with Gasteiger partial charge in [-0.2, -0.15) is 0 Å². The third kappa shape index (κ3) is 3.61. The summed E-state index contributed by atoms with van der Waals surface area (Å²) in [6.45, 7) is 10.4. The number of aromatic nitrogens is 1. The first-order valence-electron chi connectivity index (χ1n) is 7.63. The van der Waals surface area contributed by atoms with Gasteiger partial charge < -0.3 is 19.5 Å². The molecule has 1 N–H and O–H groups in total. The highest BCUT2D eigenvalue weighted by Crippen LogP contribution is 2.20. The molecule has 0 spiro atoms. The van der Waals surface area contributed by atoms with Gasteiger partial charge in [-0.1, -0.05) is 0 Å². The standard InChI is InChI=1S/C16H25N3O3/c1-11-9-18(15(21)22-16(3,4)5)10-12(2)19(11)14(20)13-7-6-8-17-13/h6-8,11-12,17H,9-10H2,1-5H3/t11-,12+. The van der Waals surface area contributed by atoms with Crippen LogP contribution in [0.4, 0.5) is 4.79 Å². The zero-order valence-electron chi connectivity index (χ0n) is 13.9. The molecule has 6 nitrogen and oxygen atoms in total. The largest absolute Gasteiger partial charge is 0.444 e. The fourth-order valence-corrected chi connectivity index (χ4v) is 2.80. The van der Waals surface area contributed by atoms with Gasteiger partial charge in [0.25, 0.3) is 5.91 Å². The first-order valence-corrected chi connectivity index (χ1v) is 7.63. The number of H-pyrrole nitrogens is 1. The van der Waals surface area contributed by atoms with E-state index in [2.05, 4.69) is 4.98 Å². The van der Waals surface area contributed by atoms with Crippen LogP contribution in [-0.4, -0.2) is 57.6 Å². The Morgan fingerprint density at radius 1 is 1.23 bits per heavy atom. The fraction of sp³-hybridized carbons (Fsp3) is 0.625. The molecular weight excluding hydrogens is 282 g/mol. The summed E-state index contributed by atoms with van der Waals surface area (Å²) in [5, 5.41) is 0. The quantitative estimate of drug-likeness (QED) is 0.867. The summed E-state index contributed by atoms with van der Waals surface area (Å²) >= 11 is 0. The number of carbonyl (C=O) groups is 2. The lowest BCUT2D eigenvalue weighted by molar-refractivity contribution is -0.00501. The zero-order chi connectivity index (χ0) is 16.5. The highest BCUT2D eigenvalue weighted by molar-refractivity contribution is 5.93. The minimum Gasteiger partial charge on any atom is -0.444 e. The monoisotopic (exact) mass is 307 g/mol. The summed E-state index contributed by atoms with van der Waals surface area (Å²) in [5.41, 5.74) is 0.0604. The Kier molecular flexibility index (Phi) is 4.49. The van der Waals surface area contributed by atoms with Crippen molar-refractivity contribution in [1.29, 1.82) is 0 Å². The van der Waals surface area contributed by atoms with Crippen molar-refractivity contribution in [2.45, 2.75) is 52.3 Å². The molecule has 0 bridgehead atoms. The van der Waals surface area contributed by atoms with Crippen molar-refractivity contribution in [3.63, 3.8) is 0 Å². The maximum atomic E-state index is 12.5. The van der Waals surface area contributed by atoms with Crippen LogP contribution in [0.2, 0.25) is 0 Å². The van der Waals surface area contributed by atoms with E-state index in [4.69, 9.17) is 4.74 Å². The van der Waals surface area contributed by atoms with E-state index in [1.807, 2.05) is 39.5 Å². The van der Waals surface area contributed by atoms with E-state index in [0.717, 1.165) is 0 Å². The number of rotatable bonds is 1. The Morgan fingerprint density at radius 3 is 2.27 bits per heavy atom. The van der Waals surface area contributed by atoms with Crippen LogP contribution < -0.4 is 0 Å². The molecule has 1 aromatic rings. The number of ether oxygens (including phenoxy) is 1. The number of hydrogen-bond acceptors (Lipinski definition) is 3. The fourth-order valence-electron chi connectivity index (χ4n) is 2.80. The Bertz CT molecular complexity index is 521. The van der Waals surface area contributed by atoms with Crippen molar-refractivity contribution in [1.82, 2.24) is 14.8 Å². The van der Waals surface area contributed by atoms with E-state index in [1.165, 1.54) is 0 Å². The second-order valence-corrected chi connectivity index (χ2v) is 6.88. The molecule has 2 amide bonds. The van der Waals surface area contributed by atoms with E-state index >= 15 is 0 Å². The summed E-state index contributed by atoms with van der Waals surface area (Å²) in [6.07, 6.45) is 1.41. The summed E-state index contributed by atoms with van der Waals surface area (Å²) in [6, 6.07) is 3.45. The van der Waals surface area contributed by atoms with Crippen LogP contribution >= 0.6 is 0 Å². The van der Waals surface area contributed by atoms with Gasteiger partial charge in [-0.15, -0.1) is 0 Å². The zero-order valence-corrected chi connectivity index (χ0v) is 13.9. The average molecular weight is 307 g/mol. The Hall–Kier alpha value is -1.98. The van der Waals surface area contributed by atoms with Crippen LogP contribution in [0.3, 0.4) is 0 Å². The second kappa shape index (κ2) is 6.02. The Balaban J connectivity index is 2.06. The lowest BCUT2D eigenvalue weighted by Gasteiger charge is -2.44. The Labute approximate surface area is 131 Å². The molecule has 22 heavy (non-hydrogen) atoms. The molecule has 6 heteroatoms. The van der Waals surface area contributed by atoms with Crippen LogP contribution in [0.15, 0.2) is 18.3 Å². The number of nitrogens with zero attached hydrogens (tertiary/aromatic N) is 2. The first-order chi connectivity index (χ1) is 10.2. The smallest absolute Gasteiger partial charge is 0.410 e. The number of amides is 2. The van der Waals surface area contributed by atoms with Gasteiger partial charge >= 0.3 is 6.09 Å². The number of hydrogen-bond donors (Lipinski definition) is 1. The van der Waals surface area contributed by atoms with Crippen molar-refractivity contribution in [2.24, 2.45) is 0 Å². The van der Waals surface area contributed by atoms with E-state index in [9.17, 15) is 9.59 Å². The molecule has 0 aliphatic carbocycles. The number of nitrogens with one attached hydrogen (secondary N) is 1. The molecule has 2 atom stereocenters. The van der Waals surface area contributed by atoms with Gasteiger partial charge in [-0.3, -0.25) is 4.79 Å². The summed E-state index contributed by atoms with van der Waals surface area (Å²) < 4.78 is 5.42. The SMILES string of the molecule is C[C@@H]1CN(C(=O)OC(C)(C)C)C[C@H](C)N1C(=O)c1ccc[nH]1. The third-order valence-electron chi connectivity index (χ3n) is 3.63. The van der Waals surface area contributed by atoms with Crippen LogP contribution in [0.25, 0.3) is 0 Å². The molecule has 2 heterocycles. The molecule has 0 aromatic carbocycles. The van der Waals surface area contributed by atoms with E-state index in [-0.39, 0.29) is 24.1 Å². The second-order valence-electron chi connectivity index (χ2n) is 6.88. The number of carbonyl (C=O) groups excluding carboxylic acids is 2. The molecule has 122 valence electrons. The number of aromatic amines is 1. The van der Waals surface area contributed by atoms with Gasteiger partial charge in [-0.25, -0.2) is 4.79 Å². The lowest BCUT2D eigenvalue weighted by atomic mass is 10.1. The molecular formula is C16H25N3O3. The van der Waals surface area contributed by atoms with Gasteiger partial charge in [0.15, 0.2) is 0 Å². The van der Waals surface area contributed by atoms with E-state index in [0.29, 0.717) is 18.8 Å². The lowest BCUT2D eigenvalue weighted by Crippen LogP contribution is -2.60. The van der Waals surface area contributed by atoms with Gasteiger partial charge in [0.2, 0.25) is 0 Å². The van der Waals surface area contributed by atoms with Crippen molar-refractivity contribution in [3.05, 3.63) is 24.0 Å². The topological polar surface area (TPSA) is 65.6 Å².